The SMILES string of the molecule is COC(=O)c1ccccc1NC(=O)N1CCN(c2ccc(=O)n(-c3ccc(C)cc3)n2)CC1. The highest BCUT2D eigenvalue weighted by Crippen LogP contribution is 2.18. The van der Waals surface area contributed by atoms with Crippen LogP contribution in [0.4, 0.5) is 16.3 Å². The highest BCUT2D eigenvalue weighted by Gasteiger charge is 2.24. The van der Waals surface area contributed by atoms with Crippen LogP contribution in [0, 0.1) is 6.92 Å². The highest BCUT2D eigenvalue weighted by molar-refractivity contribution is 6.00. The number of methoxy groups -OCH3 is 1. The quantitative estimate of drug-likeness (QED) is 0.618. The Bertz CT molecular complexity index is 1210. The van der Waals surface area contributed by atoms with Crippen LogP contribution in [0.2, 0.25) is 0 Å². The number of piperazine rings is 1. The molecule has 1 aromatic heterocycles. The topological polar surface area (TPSA) is 96.8 Å². The molecule has 0 spiro atoms. The largest absolute Gasteiger partial charge is 0.465 e. The fraction of sp³-hybridized carbons (Fsp3) is 0.250. The van der Waals surface area contributed by atoms with Crippen LogP contribution in [0.3, 0.4) is 0 Å². The first-order chi connectivity index (χ1) is 16.0. The van der Waals surface area contributed by atoms with E-state index in [9.17, 15) is 14.4 Å². The number of hydrogen-bond donors (Lipinski definition) is 1. The first-order valence-corrected chi connectivity index (χ1v) is 10.6. The molecular weight excluding hydrogens is 422 g/mol. The van der Waals surface area contributed by atoms with Gasteiger partial charge in [0.05, 0.1) is 24.0 Å². The van der Waals surface area contributed by atoms with Crippen molar-refractivity contribution >= 4 is 23.5 Å². The van der Waals surface area contributed by atoms with Gasteiger partial charge in [-0.1, -0.05) is 29.8 Å². The van der Waals surface area contributed by atoms with Crippen LogP contribution >= 0.6 is 0 Å². The Morgan fingerprint density at radius 3 is 2.33 bits per heavy atom. The molecule has 0 radical (unpaired) electrons. The average Bonchev–Trinajstić information content (AvgIpc) is 2.85. The van der Waals surface area contributed by atoms with Crippen molar-refractivity contribution in [2.75, 3.05) is 43.5 Å². The molecule has 0 atom stereocenters. The van der Waals surface area contributed by atoms with E-state index in [4.69, 9.17) is 4.74 Å². The maximum Gasteiger partial charge on any atom is 0.339 e. The fourth-order valence-corrected chi connectivity index (χ4v) is 3.65. The summed E-state index contributed by atoms with van der Waals surface area (Å²) in [5.74, 6) is 0.164. The number of aromatic nitrogens is 2. The maximum absolute atomic E-state index is 12.8. The Hall–Kier alpha value is -4.14. The third kappa shape index (κ3) is 4.87. The number of aryl methyl sites for hydroxylation is 1. The molecule has 0 aliphatic carbocycles. The highest BCUT2D eigenvalue weighted by atomic mass is 16.5. The number of amides is 2. The van der Waals surface area contributed by atoms with Gasteiger partial charge in [-0.25, -0.2) is 9.59 Å². The van der Waals surface area contributed by atoms with Gasteiger partial charge in [0.25, 0.3) is 5.56 Å². The van der Waals surface area contributed by atoms with Gasteiger partial charge in [-0.2, -0.15) is 4.68 Å². The molecule has 170 valence electrons. The van der Waals surface area contributed by atoms with Crippen LogP contribution in [-0.4, -0.2) is 60.0 Å². The number of esters is 1. The predicted octanol–water partition coefficient (Wildman–Crippen LogP) is 2.68. The van der Waals surface area contributed by atoms with E-state index in [1.807, 2.05) is 36.1 Å². The van der Waals surface area contributed by atoms with Gasteiger partial charge in [0.2, 0.25) is 0 Å². The summed E-state index contributed by atoms with van der Waals surface area (Å²) in [6, 6.07) is 17.2. The van der Waals surface area contributed by atoms with Crippen molar-refractivity contribution in [3.8, 4) is 5.69 Å². The number of rotatable bonds is 4. The second kappa shape index (κ2) is 9.56. The Balaban J connectivity index is 1.43. The number of carbonyl (C=O) groups is 2. The van der Waals surface area contributed by atoms with Crippen molar-refractivity contribution < 1.29 is 14.3 Å². The lowest BCUT2D eigenvalue weighted by Crippen LogP contribution is -2.50. The van der Waals surface area contributed by atoms with E-state index in [0.717, 1.165) is 5.56 Å². The van der Waals surface area contributed by atoms with E-state index in [0.29, 0.717) is 48.9 Å². The zero-order valence-electron chi connectivity index (χ0n) is 18.5. The molecule has 0 unspecified atom stereocenters. The zero-order chi connectivity index (χ0) is 23.4. The van der Waals surface area contributed by atoms with Crippen LogP contribution in [0.15, 0.2) is 65.5 Å². The van der Waals surface area contributed by atoms with Gasteiger partial charge < -0.3 is 19.9 Å². The number of urea groups is 1. The van der Waals surface area contributed by atoms with Gasteiger partial charge in [-0.3, -0.25) is 4.79 Å². The number of benzene rings is 2. The summed E-state index contributed by atoms with van der Waals surface area (Å²) in [4.78, 5) is 40.8. The van der Waals surface area contributed by atoms with Gasteiger partial charge >= 0.3 is 12.0 Å². The summed E-state index contributed by atoms with van der Waals surface area (Å²) in [6.07, 6.45) is 0. The lowest BCUT2D eigenvalue weighted by atomic mass is 10.2. The van der Waals surface area contributed by atoms with E-state index >= 15 is 0 Å². The first-order valence-electron chi connectivity index (χ1n) is 10.6. The van der Waals surface area contributed by atoms with Crippen molar-refractivity contribution in [2.24, 2.45) is 0 Å². The van der Waals surface area contributed by atoms with Gasteiger partial charge in [-0.05, 0) is 37.3 Å². The molecule has 3 aromatic rings. The van der Waals surface area contributed by atoms with Crippen LogP contribution in [-0.2, 0) is 4.74 Å². The molecule has 0 bridgehead atoms. The monoisotopic (exact) mass is 447 g/mol. The van der Waals surface area contributed by atoms with Crippen LogP contribution in [0.25, 0.3) is 5.69 Å². The Morgan fingerprint density at radius 1 is 0.939 bits per heavy atom. The molecule has 4 rings (SSSR count). The Kier molecular flexibility index (Phi) is 6.39. The first kappa shape index (κ1) is 22.1. The Morgan fingerprint density at radius 2 is 1.64 bits per heavy atom. The summed E-state index contributed by atoms with van der Waals surface area (Å²) in [5.41, 5.74) is 2.31. The molecular formula is C24H25N5O4. The number of ether oxygens (including phenoxy) is 1. The Labute approximate surface area is 191 Å². The fourth-order valence-electron chi connectivity index (χ4n) is 3.65. The molecule has 9 heteroatoms. The van der Waals surface area contributed by atoms with Crippen molar-refractivity contribution in [1.82, 2.24) is 14.7 Å². The molecule has 9 nitrogen and oxygen atoms in total. The van der Waals surface area contributed by atoms with Crippen molar-refractivity contribution in [1.29, 1.82) is 0 Å². The zero-order valence-corrected chi connectivity index (χ0v) is 18.5. The molecule has 1 aliphatic heterocycles. The maximum atomic E-state index is 12.8. The number of para-hydroxylation sites is 1. The summed E-state index contributed by atoms with van der Waals surface area (Å²) < 4.78 is 6.17. The smallest absolute Gasteiger partial charge is 0.339 e. The second-order valence-electron chi connectivity index (χ2n) is 7.72. The lowest BCUT2D eigenvalue weighted by molar-refractivity contribution is 0.0602. The standard InChI is InChI=1S/C24H25N5O4/c1-17-7-9-18(10-8-17)29-22(30)12-11-21(26-29)27-13-15-28(16-14-27)24(32)25-20-6-4-3-5-19(20)23(31)33-2/h3-12H,13-16H2,1-2H3,(H,25,32). The minimum atomic E-state index is -0.509. The van der Waals surface area contributed by atoms with E-state index < -0.39 is 5.97 Å². The van der Waals surface area contributed by atoms with Gasteiger partial charge in [0.1, 0.15) is 5.82 Å². The van der Waals surface area contributed by atoms with E-state index in [2.05, 4.69) is 10.4 Å². The molecule has 1 aliphatic rings. The molecule has 2 heterocycles. The van der Waals surface area contributed by atoms with Crippen molar-refractivity contribution in [3.05, 3.63) is 82.1 Å². The van der Waals surface area contributed by atoms with Crippen molar-refractivity contribution in [2.45, 2.75) is 6.92 Å². The molecule has 1 N–H and O–H groups in total. The minimum absolute atomic E-state index is 0.204. The summed E-state index contributed by atoms with van der Waals surface area (Å²) >= 11 is 0. The summed E-state index contributed by atoms with van der Waals surface area (Å²) in [5, 5.41) is 7.33. The third-order valence-electron chi connectivity index (χ3n) is 5.53. The number of anilines is 2. The third-order valence-corrected chi connectivity index (χ3v) is 5.53. The summed E-state index contributed by atoms with van der Waals surface area (Å²) in [7, 11) is 1.30. The average molecular weight is 447 g/mol. The van der Waals surface area contributed by atoms with Gasteiger partial charge in [0, 0.05) is 32.2 Å². The van der Waals surface area contributed by atoms with E-state index in [1.54, 1.807) is 35.2 Å². The van der Waals surface area contributed by atoms with Crippen molar-refractivity contribution in [3.63, 3.8) is 0 Å². The van der Waals surface area contributed by atoms with E-state index in [-0.39, 0.29) is 11.6 Å². The predicted molar refractivity (Wildman–Crippen MR) is 125 cm³/mol. The lowest BCUT2D eigenvalue weighted by Gasteiger charge is -2.35. The number of carbonyl (C=O) groups excluding carboxylic acids is 2. The van der Waals surface area contributed by atoms with Crippen LogP contribution in [0.1, 0.15) is 15.9 Å². The molecule has 2 aromatic carbocycles. The number of hydrogen-bond acceptors (Lipinski definition) is 6. The van der Waals surface area contributed by atoms with Gasteiger partial charge in [0.15, 0.2) is 0 Å². The molecule has 1 fully saturated rings. The molecule has 0 saturated carbocycles. The molecule has 33 heavy (non-hydrogen) atoms. The van der Waals surface area contributed by atoms with E-state index in [1.165, 1.54) is 17.9 Å². The molecule has 1 saturated heterocycles. The molecule has 2 amide bonds. The number of nitrogens with one attached hydrogen (secondary N) is 1. The number of nitrogens with zero attached hydrogens (tertiary/aromatic N) is 4. The normalized spacial score (nSPS) is 13.5. The second-order valence-corrected chi connectivity index (χ2v) is 7.72. The van der Waals surface area contributed by atoms with Crippen LogP contribution in [0.5, 0.6) is 0 Å². The van der Waals surface area contributed by atoms with Crippen LogP contribution < -0.4 is 15.8 Å². The summed E-state index contributed by atoms with van der Waals surface area (Å²) in [6.45, 7) is 4.05. The minimum Gasteiger partial charge on any atom is -0.465 e. The van der Waals surface area contributed by atoms with Gasteiger partial charge in [-0.15, -0.1) is 5.10 Å².